The topological polar surface area (TPSA) is 47.9 Å². The van der Waals surface area contributed by atoms with Crippen molar-refractivity contribution in [1.29, 1.82) is 0 Å². The van der Waals surface area contributed by atoms with Gasteiger partial charge < -0.3 is 19.3 Å². The molecular formula is C17H18O4. The summed E-state index contributed by atoms with van der Waals surface area (Å²) >= 11 is 0. The van der Waals surface area contributed by atoms with Gasteiger partial charge in [-0.25, -0.2) is 0 Å². The summed E-state index contributed by atoms with van der Waals surface area (Å²) in [4.78, 5) is 0. The molecule has 0 aromatic heterocycles. The average Bonchev–Trinajstić information content (AvgIpc) is 2.54. The van der Waals surface area contributed by atoms with E-state index in [4.69, 9.17) is 14.2 Å². The minimum atomic E-state index is 0.00148. The summed E-state index contributed by atoms with van der Waals surface area (Å²) in [7, 11) is 4.65. The van der Waals surface area contributed by atoms with Crippen LogP contribution in [0.4, 0.5) is 0 Å². The molecule has 0 atom stereocenters. The number of benzene rings is 2. The molecule has 110 valence electrons. The van der Waals surface area contributed by atoms with Gasteiger partial charge in [-0.1, -0.05) is 24.3 Å². The Bertz CT molecular complexity index is 605. The highest BCUT2D eigenvalue weighted by molar-refractivity contribution is 5.72. The van der Waals surface area contributed by atoms with Crippen molar-refractivity contribution in [3.8, 4) is 23.0 Å². The van der Waals surface area contributed by atoms with Crippen LogP contribution < -0.4 is 14.2 Å². The van der Waals surface area contributed by atoms with Crippen LogP contribution in [0.5, 0.6) is 23.0 Å². The summed E-state index contributed by atoms with van der Waals surface area (Å²) < 4.78 is 15.4. The summed E-state index contributed by atoms with van der Waals surface area (Å²) in [6.07, 6.45) is 3.89. The molecule has 0 aliphatic carbocycles. The van der Waals surface area contributed by atoms with Crippen LogP contribution >= 0.6 is 0 Å². The molecule has 2 aromatic carbocycles. The van der Waals surface area contributed by atoms with Gasteiger partial charge in [-0.2, -0.15) is 0 Å². The van der Waals surface area contributed by atoms with E-state index in [1.54, 1.807) is 19.2 Å². The molecule has 0 fully saturated rings. The molecule has 21 heavy (non-hydrogen) atoms. The van der Waals surface area contributed by atoms with Crippen molar-refractivity contribution in [2.75, 3.05) is 21.3 Å². The maximum absolute atomic E-state index is 9.87. The number of methoxy groups -OCH3 is 3. The minimum absolute atomic E-state index is 0.00148. The zero-order chi connectivity index (χ0) is 15.2. The fourth-order valence-electron chi connectivity index (χ4n) is 1.92. The maximum atomic E-state index is 9.87. The predicted molar refractivity (Wildman–Crippen MR) is 83.1 cm³/mol. The van der Waals surface area contributed by atoms with Gasteiger partial charge in [0, 0.05) is 0 Å². The quantitative estimate of drug-likeness (QED) is 0.853. The molecule has 0 aliphatic rings. The number of rotatable bonds is 5. The van der Waals surface area contributed by atoms with Crippen LogP contribution in [-0.2, 0) is 0 Å². The maximum Gasteiger partial charge on any atom is 0.200 e. The van der Waals surface area contributed by atoms with Gasteiger partial charge >= 0.3 is 0 Å². The van der Waals surface area contributed by atoms with Crippen molar-refractivity contribution in [2.45, 2.75) is 0 Å². The van der Waals surface area contributed by atoms with Crippen molar-refractivity contribution >= 4 is 12.2 Å². The standard InChI is InChI=1S/C17H18O4/c1-19-14-8-6-12(7-9-14)4-5-13-10-15(20-2)17(18)16(11-13)21-3/h4-11,18H,1-3H3/b5-4+. The van der Waals surface area contributed by atoms with E-state index in [1.165, 1.54) is 14.2 Å². The zero-order valence-corrected chi connectivity index (χ0v) is 12.3. The Morgan fingerprint density at radius 1 is 0.762 bits per heavy atom. The van der Waals surface area contributed by atoms with E-state index in [1.807, 2.05) is 36.4 Å². The molecule has 0 spiro atoms. The first kappa shape index (κ1) is 14.8. The Labute approximate surface area is 124 Å². The van der Waals surface area contributed by atoms with Crippen LogP contribution in [0.25, 0.3) is 12.2 Å². The van der Waals surface area contributed by atoms with Crippen LogP contribution in [0.2, 0.25) is 0 Å². The molecule has 0 heterocycles. The smallest absolute Gasteiger partial charge is 0.200 e. The van der Waals surface area contributed by atoms with E-state index in [0.717, 1.165) is 16.9 Å². The molecule has 0 saturated heterocycles. The Morgan fingerprint density at radius 2 is 1.29 bits per heavy atom. The van der Waals surface area contributed by atoms with Gasteiger partial charge in [0.25, 0.3) is 0 Å². The fraction of sp³-hybridized carbons (Fsp3) is 0.176. The van der Waals surface area contributed by atoms with E-state index in [0.29, 0.717) is 11.5 Å². The zero-order valence-electron chi connectivity index (χ0n) is 12.3. The minimum Gasteiger partial charge on any atom is -0.502 e. The van der Waals surface area contributed by atoms with Crippen molar-refractivity contribution in [1.82, 2.24) is 0 Å². The van der Waals surface area contributed by atoms with Crippen LogP contribution in [0, 0.1) is 0 Å². The number of aromatic hydroxyl groups is 1. The summed E-state index contributed by atoms with van der Waals surface area (Å²) in [5.41, 5.74) is 1.92. The molecule has 1 N–H and O–H groups in total. The third kappa shape index (κ3) is 3.48. The lowest BCUT2D eigenvalue weighted by Crippen LogP contribution is -1.90. The Hall–Kier alpha value is -2.62. The summed E-state index contributed by atoms with van der Waals surface area (Å²) in [5.74, 6) is 1.58. The lowest BCUT2D eigenvalue weighted by Gasteiger charge is -2.09. The van der Waals surface area contributed by atoms with Gasteiger partial charge in [-0.15, -0.1) is 0 Å². The summed E-state index contributed by atoms with van der Waals surface area (Å²) in [6.45, 7) is 0. The van der Waals surface area contributed by atoms with Crippen LogP contribution in [0.1, 0.15) is 11.1 Å². The van der Waals surface area contributed by atoms with Gasteiger partial charge in [-0.05, 0) is 35.4 Å². The number of hydrogen-bond acceptors (Lipinski definition) is 4. The molecule has 4 nitrogen and oxygen atoms in total. The lowest BCUT2D eigenvalue weighted by atomic mass is 10.1. The molecule has 0 amide bonds. The first-order chi connectivity index (χ1) is 10.2. The monoisotopic (exact) mass is 286 g/mol. The van der Waals surface area contributed by atoms with Gasteiger partial charge in [0.05, 0.1) is 21.3 Å². The highest BCUT2D eigenvalue weighted by atomic mass is 16.5. The predicted octanol–water partition coefficient (Wildman–Crippen LogP) is 3.59. The molecule has 2 aromatic rings. The van der Waals surface area contributed by atoms with E-state index in [9.17, 15) is 5.11 Å². The highest BCUT2D eigenvalue weighted by Crippen LogP contribution is 2.37. The summed E-state index contributed by atoms with van der Waals surface area (Å²) in [6, 6.07) is 11.2. The fourth-order valence-corrected chi connectivity index (χ4v) is 1.92. The van der Waals surface area contributed by atoms with Crippen LogP contribution in [0.15, 0.2) is 36.4 Å². The van der Waals surface area contributed by atoms with E-state index < -0.39 is 0 Å². The van der Waals surface area contributed by atoms with Gasteiger partial charge in [0.2, 0.25) is 5.75 Å². The molecule has 0 bridgehead atoms. The summed E-state index contributed by atoms with van der Waals surface area (Å²) in [5, 5.41) is 9.87. The third-order valence-corrected chi connectivity index (χ3v) is 3.09. The number of phenols is 1. The highest BCUT2D eigenvalue weighted by Gasteiger charge is 2.09. The molecule has 0 unspecified atom stereocenters. The van der Waals surface area contributed by atoms with Crippen molar-refractivity contribution < 1.29 is 19.3 Å². The van der Waals surface area contributed by atoms with Gasteiger partial charge in [0.1, 0.15) is 5.75 Å². The molecule has 0 saturated carbocycles. The number of ether oxygens (including phenoxy) is 3. The van der Waals surface area contributed by atoms with Crippen molar-refractivity contribution in [3.05, 3.63) is 47.5 Å². The van der Waals surface area contributed by atoms with E-state index >= 15 is 0 Å². The molecule has 4 heteroatoms. The lowest BCUT2D eigenvalue weighted by molar-refractivity contribution is 0.340. The normalized spacial score (nSPS) is 10.6. The second kappa shape index (κ2) is 6.70. The molecular weight excluding hydrogens is 268 g/mol. The Kier molecular flexibility index (Phi) is 4.72. The Morgan fingerprint density at radius 3 is 1.76 bits per heavy atom. The first-order valence-electron chi connectivity index (χ1n) is 6.45. The second-order valence-electron chi connectivity index (χ2n) is 4.38. The van der Waals surface area contributed by atoms with E-state index in [-0.39, 0.29) is 5.75 Å². The number of phenolic OH excluding ortho intramolecular Hbond substituents is 1. The Balaban J connectivity index is 2.27. The second-order valence-corrected chi connectivity index (χ2v) is 4.38. The number of hydrogen-bond donors (Lipinski definition) is 1. The van der Waals surface area contributed by atoms with Gasteiger partial charge in [-0.3, -0.25) is 0 Å². The average molecular weight is 286 g/mol. The SMILES string of the molecule is COc1ccc(/C=C/c2cc(OC)c(O)c(OC)c2)cc1. The van der Waals surface area contributed by atoms with Crippen LogP contribution in [-0.4, -0.2) is 26.4 Å². The largest absolute Gasteiger partial charge is 0.502 e. The van der Waals surface area contributed by atoms with Gasteiger partial charge in [0.15, 0.2) is 11.5 Å². The van der Waals surface area contributed by atoms with Crippen molar-refractivity contribution in [3.63, 3.8) is 0 Å². The third-order valence-electron chi connectivity index (χ3n) is 3.09. The van der Waals surface area contributed by atoms with Crippen LogP contribution in [0.3, 0.4) is 0 Å². The first-order valence-corrected chi connectivity index (χ1v) is 6.45. The molecule has 2 rings (SSSR count). The molecule has 0 aliphatic heterocycles. The molecule has 0 radical (unpaired) electrons. The van der Waals surface area contributed by atoms with Crippen molar-refractivity contribution in [2.24, 2.45) is 0 Å². The van der Waals surface area contributed by atoms with E-state index in [2.05, 4.69) is 0 Å².